The number of aryl methyl sites for hydroxylation is 2. The summed E-state index contributed by atoms with van der Waals surface area (Å²) in [7, 11) is 0. The molecule has 2 aromatic heterocycles. The molecular formula is C26H20Cl2F6N8O4. The van der Waals surface area contributed by atoms with Gasteiger partial charge in [0.1, 0.15) is 21.8 Å². The average Bonchev–Trinajstić information content (AvgIpc) is 2.89. The summed E-state index contributed by atoms with van der Waals surface area (Å²) in [6.45, 7) is 3.49. The molecule has 244 valence electrons. The molecule has 46 heavy (non-hydrogen) atoms. The van der Waals surface area contributed by atoms with Crippen molar-refractivity contribution in [2.24, 2.45) is 4.99 Å². The summed E-state index contributed by atoms with van der Waals surface area (Å²) in [5, 5.41) is 5.32. The lowest BCUT2D eigenvalue weighted by Gasteiger charge is -2.10. The number of nitrogen functional groups attached to an aromatic ring is 1. The number of ether oxygens (including phenoxy) is 2. The Kier molecular flexibility index (Phi) is 13.5. The Morgan fingerprint density at radius 3 is 1.70 bits per heavy atom. The second-order valence-corrected chi connectivity index (χ2v) is 9.02. The average molecular weight is 693 g/mol. The van der Waals surface area contributed by atoms with Crippen LogP contribution in [0.5, 0.6) is 11.5 Å². The highest BCUT2D eigenvalue weighted by atomic mass is 35.5. The molecule has 4 rings (SSSR count). The predicted octanol–water partition coefficient (Wildman–Crippen LogP) is 7.55. The molecule has 2 heterocycles. The number of isocyanates is 1. The lowest BCUT2D eigenvalue weighted by atomic mass is 10.3. The van der Waals surface area contributed by atoms with E-state index in [0.717, 1.165) is 30.0 Å². The Balaban J connectivity index is 0.000000270. The molecule has 2 aromatic carbocycles. The van der Waals surface area contributed by atoms with Crippen molar-refractivity contribution >= 4 is 58.6 Å². The number of nitrogens with one attached hydrogen (secondary N) is 2. The Morgan fingerprint density at radius 2 is 1.26 bits per heavy atom. The summed E-state index contributed by atoms with van der Waals surface area (Å²) in [6.07, 6.45) is -8.22. The molecule has 0 saturated carbocycles. The van der Waals surface area contributed by atoms with Gasteiger partial charge in [0, 0.05) is 17.1 Å². The van der Waals surface area contributed by atoms with E-state index < -0.39 is 24.5 Å². The van der Waals surface area contributed by atoms with Crippen LogP contribution in [0.3, 0.4) is 0 Å². The Bertz CT molecular complexity index is 1580. The molecular weight excluding hydrogens is 673 g/mol. The molecule has 0 unspecified atom stereocenters. The van der Waals surface area contributed by atoms with E-state index in [4.69, 9.17) is 28.9 Å². The van der Waals surface area contributed by atoms with Gasteiger partial charge in [-0.1, -0.05) is 23.2 Å². The number of carbonyl (C=O) groups is 1. The third-order valence-electron chi connectivity index (χ3n) is 4.48. The molecule has 2 amide bonds. The van der Waals surface area contributed by atoms with E-state index in [1.165, 1.54) is 36.4 Å². The summed E-state index contributed by atoms with van der Waals surface area (Å²) in [5.41, 5.74) is 7.08. The molecule has 4 aromatic rings. The summed E-state index contributed by atoms with van der Waals surface area (Å²) < 4.78 is 78.5. The number of anilines is 3. The molecule has 0 aliphatic rings. The van der Waals surface area contributed by atoms with Crippen molar-refractivity contribution in [2.45, 2.75) is 26.6 Å². The number of rotatable bonds is 5. The zero-order valence-corrected chi connectivity index (χ0v) is 24.8. The number of carbonyl (C=O) groups excluding carboxylic acids is 2. The molecule has 0 aliphatic heterocycles. The molecule has 0 radical (unpaired) electrons. The first-order chi connectivity index (χ1) is 21.4. The summed E-state index contributed by atoms with van der Waals surface area (Å²) in [4.78, 5) is 40.0. The minimum atomic E-state index is -4.77. The van der Waals surface area contributed by atoms with Crippen LogP contribution in [0.15, 0.2) is 65.7 Å². The van der Waals surface area contributed by atoms with Crippen molar-refractivity contribution in [3.8, 4) is 11.5 Å². The summed E-state index contributed by atoms with van der Waals surface area (Å²) >= 11 is 11.3. The SMILES string of the molecule is Cc1cc(Cl)nc(N)n1.Cc1cc(Cl)nc(NC(=O)Nc2ccc(OC(F)(F)F)cc2)n1.O=C=Nc1ccc(OC(F)(F)F)cc1. The maximum absolute atomic E-state index is 12.0. The van der Waals surface area contributed by atoms with Gasteiger partial charge in [-0.15, -0.1) is 26.3 Å². The first-order valence-electron chi connectivity index (χ1n) is 12.1. The fraction of sp³-hybridized carbons (Fsp3) is 0.154. The maximum Gasteiger partial charge on any atom is 0.573 e. The van der Waals surface area contributed by atoms with E-state index in [1.807, 2.05) is 6.92 Å². The van der Waals surface area contributed by atoms with Crippen molar-refractivity contribution in [1.82, 2.24) is 19.9 Å². The third-order valence-corrected chi connectivity index (χ3v) is 4.87. The zero-order valence-electron chi connectivity index (χ0n) is 23.2. The number of nitrogens with two attached hydrogens (primary N) is 1. The van der Waals surface area contributed by atoms with Crippen LogP contribution in [0.25, 0.3) is 0 Å². The molecule has 4 N–H and O–H groups in total. The number of hydrogen-bond acceptors (Lipinski definition) is 10. The van der Waals surface area contributed by atoms with Crippen molar-refractivity contribution in [2.75, 3.05) is 16.4 Å². The quantitative estimate of drug-likeness (QED) is 0.0828. The second kappa shape index (κ2) is 16.8. The van der Waals surface area contributed by atoms with Gasteiger partial charge < -0.3 is 20.5 Å². The maximum atomic E-state index is 12.0. The van der Waals surface area contributed by atoms with Gasteiger partial charge in [0.15, 0.2) is 0 Å². The Morgan fingerprint density at radius 1 is 0.783 bits per heavy atom. The number of alkyl halides is 6. The lowest BCUT2D eigenvalue weighted by molar-refractivity contribution is -0.275. The monoisotopic (exact) mass is 692 g/mol. The highest BCUT2D eigenvalue weighted by Gasteiger charge is 2.31. The first kappa shape index (κ1) is 37.0. The topological polar surface area (TPSA) is 167 Å². The Hall–Kier alpha value is -5.19. The number of urea groups is 1. The Labute approximate surface area is 265 Å². The smallest absolute Gasteiger partial charge is 0.406 e. The van der Waals surface area contributed by atoms with Crippen molar-refractivity contribution in [1.29, 1.82) is 0 Å². The van der Waals surface area contributed by atoms with Gasteiger partial charge in [-0.2, -0.15) is 4.99 Å². The molecule has 0 saturated heterocycles. The molecule has 0 fully saturated rings. The fourth-order valence-corrected chi connectivity index (χ4v) is 3.40. The van der Waals surface area contributed by atoms with Crippen LogP contribution in [0.4, 0.5) is 54.4 Å². The number of aromatic nitrogens is 4. The van der Waals surface area contributed by atoms with Crippen LogP contribution < -0.4 is 25.8 Å². The van der Waals surface area contributed by atoms with Crippen molar-refractivity contribution in [3.05, 3.63) is 82.4 Å². The van der Waals surface area contributed by atoms with Gasteiger partial charge in [-0.25, -0.2) is 29.5 Å². The van der Waals surface area contributed by atoms with Gasteiger partial charge in [0.25, 0.3) is 0 Å². The van der Waals surface area contributed by atoms with E-state index >= 15 is 0 Å². The highest BCUT2D eigenvalue weighted by Crippen LogP contribution is 2.25. The summed E-state index contributed by atoms with van der Waals surface area (Å²) in [6, 6.07) is 11.7. The van der Waals surface area contributed by atoms with E-state index in [1.54, 1.807) is 13.0 Å². The van der Waals surface area contributed by atoms with E-state index in [2.05, 4.69) is 45.0 Å². The van der Waals surface area contributed by atoms with Crippen LogP contribution in [0, 0.1) is 13.8 Å². The standard InChI is InChI=1S/C13H10ClF3N4O2.C8H4F3NO2.C5H6ClN3/c1-7-6-10(14)20-11(18-7)21-12(22)19-8-2-4-9(5-3-8)23-13(15,16)17;9-8(10,11)14-7-3-1-6(2-4-7)12-5-13;1-3-2-4(6)9-5(7)8-3/h2-6H,1H3,(H2,18,19,20,21,22);1-4H;2H,1H3,(H2,7,8,9). The van der Waals surface area contributed by atoms with E-state index in [-0.39, 0.29) is 34.2 Å². The number of nitrogens with zero attached hydrogens (tertiary/aromatic N) is 5. The van der Waals surface area contributed by atoms with Gasteiger partial charge in [0.2, 0.25) is 18.0 Å². The minimum absolute atomic E-state index is 0.00419. The first-order valence-corrected chi connectivity index (χ1v) is 12.8. The molecule has 0 bridgehead atoms. The van der Waals surface area contributed by atoms with Gasteiger partial charge in [-0.05, 0) is 74.5 Å². The molecule has 0 atom stereocenters. The lowest BCUT2D eigenvalue weighted by Crippen LogP contribution is -2.21. The van der Waals surface area contributed by atoms with Crippen LogP contribution in [-0.2, 0) is 4.79 Å². The third kappa shape index (κ3) is 15.5. The molecule has 0 aliphatic carbocycles. The number of benzene rings is 2. The largest absolute Gasteiger partial charge is 0.573 e. The molecule has 12 nitrogen and oxygen atoms in total. The van der Waals surface area contributed by atoms with Crippen molar-refractivity contribution in [3.63, 3.8) is 0 Å². The number of amides is 2. The minimum Gasteiger partial charge on any atom is -0.406 e. The van der Waals surface area contributed by atoms with Crippen LogP contribution >= 0.6 is 23.2 Å². The fourth-order valence-electron chi connectivity index (χ4n) is 2.92. The van der Waals surface area contributed by atoms with Crippen LogP contribution in [-0.4, -0.2) is 44.8 Å². The van der Waals surface area contributed by atoms with E-state index in [9.17, 15) is 35.9 Å². The van der Waals surface area contributed by atoms with Gasteiger partial charge in [-0.3, -0.25) is 5.32 Å². The number of hydrogen-bond donors (Lipinski definition) is 3. The van der Waals surface area contributed by atoms with Gasteiger partial charge in [0.05, 0.1) is 5.69 Å². The van der Waals surface area contributed by atoms with Crippen LogP contribution in [0.1, 0.15) is 11.4 Å². The second-order valence-electron chi connectivity index (χ2n) is 8.24. The molecule has 0 spiro atoms. The van der Waals surface area contributed by atoms with Gasteiger partial charge >= 0.3 is 18.8 Å². The number of aliphatic imine (C=N–C) groups is 1. The highest BCUT2D eigenvalue weighted by molar-refractivity contribution is 6.29. The van der Waals surface area contributed by atoms with E-state index in [0.29, 0.717) is 10.8 Å². The molecule has 20 heteroatoms. The normalized spacial score (nSPS) is 10.6. The summed E-state index contributed by atoms with van der Waals surface area (Å²) in [5.74, 6) is -0.524. The predicted molar refractivity (Wildman–Crippen MR) is 155 cm³/mol. The zero-order chi connectivity index (χ0) is 34.5. The van der Waals surface area contributed by atoms with Crippen LogP contribution in [0.2, 0.25) is 10.3 Å². The number of halogens is 8. The van der Waals surface area contributed by atoms with Crippen molar-refractivity contribution < 1.29 is 45.4 Å².